The molecule has 2 heterocycles. The molecule has 0 aliphatic heterocycles. The summed E-state index contributed by atoms with van der Waals surface area (Å²) in [5, 5.41) is 0.866. The van der Waals surface area contributed by atoms with Crippen LogP contribution in [0.4, 0.5) is 5.82 Å². The highest BCUT2D eigenvalue weighted by atomic mass is 35.5. The van der Waals surface area contributed by atoms with Crippen molar-refractivity contribution < 1.29 is 0 Å². The summed E-state index contributed by atoms with van der Waals surface area (Å²) in [7, 11) is 0. The van der Waals surface area contributed by atoms with E-state index >= 15 is 0 Å². The van der Waals surface area contributed by atoms with E-state index in [-0.39, 0.29) is 0 Å². The lowest BCUT2D eigenvalue weighted by Crippen LogP contribution is -1.97. The number of hydrogen-bond donors (Lipinski definition) is 1. The van der Waals surface area contributed by atoms with Crippen molar-refractivity contribution in [3.8, 4) is 16.8 Å². The second-order valence-electron chi connectivity index (χ2n) is 5.54. The zero-order valence-electron chi connectivity index (χ0n) is 12.9. The Kier molecular flexibility index (Phi) is 3.67. The monoisotopic (exact) mass is 334 g/mol. The molecule has 4 rings (SSSR count). The van der Waals surface area contributed by atoms with Crippen molar-refractivity contribution >= 4 is 28.5 Å². The van der Waals surface area contributed by atoms with Crippen LogP contribution in [0, 0.1) is 0 Å². The zero-order valence-corrected chi connectivity index (χ0v) is 13.6. The molecule has 24 heavy (non-hydrogen) atoms. The maximum Gasteiger partial charge on any atom is 0.150 e. The van der Waals surface area contributed by atoms with Crippen molar-refractivity contribution in [1.29, 1.82) is 0 Å². The average Bonchev–Trinajstić information content (AvgIpc) is 3.04. The zero-order chi connectivity index (χ0) is 16.5. The molecule has 0 bridgehead atoms. The first-order chi connectivity index (χ1) is 11.8. The summed E-state index contributed by atoms with van der Waals surface area (Å²) < 4.78 is 2.04. The van der Waals surface area contributed by atoms with Gasteiger partial charge in [0.25, 0.3) is 0 Å². The Balaban J connectivity index is 1.98. The summed E-state index contributed by atoms with van der Waals surface area (Å²) in [5.74, 6) is 0.979. The number of anilines is 1. The van der Waals surface area contributed by atoms with Crippen LogP contribution in [-0.4, -0.2) is 14.5 Å². The molecule has 0 saturated carbocycles. The summed E-state index contributed by atoms with van der Waals surface area (Å²) in [5.41, 5.74) is 11.1. The average molecular weight is 335 g/mol. The summed E-state index contributed by atoms with van der Waals surface area (Å²) in [4.78, 5) is 8.62. The number of hydrogen-bond acceptors (Lipinski definition) is 3. The van der Waals surface area contributed by atoms with E-state index < -0.39 is 0 Å². The van der Waals surface area contributed by atoms with Crippen LogP contribution in [0.2, 0.25) is 0 Å². The lowest BCUT2D eigenvalue weighted by atomic mass is 10.1. The van der Waals surface area contributed by atoms with E-state index in [0.29, 0.717) is 11.7 Å². The maximum absolute atomic E-state index is 6.15. The minimum Gasteiger partial charge on any atom is -0.383 e. The summed E-state index contributed by atoms with van der Waals surface area (Å²) in [6, 6.07) is 18.2. The van der Waals surface area contributed by atoms with Gasteiger partial charge in [0.05, 0.1) is 5.39 Å². The SMILES string of the molecule is Nc1ncnc2c1c(-c1ccccc1)cn2-c1ccc(CCl)cc1. The number of fused-ring (bicyclic) bond motifs is 1. The minimum absolute atomic E-state index is 0.481. The van der Waals surface area contributed by atoms with Crippen LogP contribution in [-0.2, 0) is 5.88 Å². The van der Waals surface area contributed by atoms with E-state index in [1.807, 2.05) is 47.0 Å². The lowest BCUT2D eigenvalue weighted by molar-refractivity contribution is 1.07. The Bertz CT molecular complexity index is 991. The normalized spacial score (nSPS) is 11.0. The Labute approximate surface area is 144 Å². The fourth-order valence-electron chi connectivity index (χ4n) is 2.86. The minimum atomic E-state index is 0.481. The van der Waals surface area contributed by atoms with Gasteiger partial charge >= 0.3 is 0 Å². The smallest absolute Gasteiger partial charge is 0.150 e. The Hall–Kier alpha value is -2.85. The molecule has 0 fully saturated rings. The molecular weight excluding hydrogens is 320 g/mol. The Morgan fingerprint density at radius 1 is 0.958 bits per heavy atom. The van der Waals surface area contributed by atoms with Crippen LogP contribution in [0.25, 0.3) is 27.8 Å². The van der Waals surface area contributed by atoms with Crippen molar-refractivity contribution in [3.05, 3.63) is 72.7 Å². The third-order valence-electron chi connectivity index (χ3n) is 4.07. The first-order valence-corrected chi connectivity index (χ1v) is 8.13. The Morgan fingerprint density at radius 3 is 2.42 bits per heavy atom. The van der Waals surface area contributed by atoms with Crippen LogP contribution < -0.4 is 5.73 Å². The molecule has 5 heteroatoms. The molecule has 118 valence electrons. The summed E-state index contributed by atoms with van der Waals surface area (Å²) >= 11 is 5.88. The van der Waals surface area contributed by atoms with E-state index in [2.05, 4.69) is 28.3 Å². The highest BCUT2D eigenvalue weighted by molar-refractivity contribution is 6.17. The Morgan fingerprint density at radius 2 is 1.71 bits per heavy atom. The maximum atomic E-state index is 6.15. The van der Waals surface area contributed by atoms with Gasteiger partial charge in [0, 0.05) is 23.3 Å². The van der Waals surface area contributed by atoms with E-state index in [0.717, 1.165) is 33.4 Å². The second-order valence-corrected chi connectivity index (χ2v) is 5.80. The molecule has 0 radical (unpaired) electrons. The first-order valence-electron chi connectivity index (χ1n) is 7.60. The molecule has 4 aromatic rings. The molecule has 2 aromatic heterocycles. The topological polar surface area (TPSA) is 56.7 Å². The number of alkyl halides is 1. The molecule has 0 aliphatic carbocycles. The van der Waals surface area contributed by atoms with Crippen molar-refractivity contribution in [2.24, 2.45) is 0 Å². The molecular formula is C19H15ClN4. The molecule has 0 spiro atoms. The summed E-state index contributed by atoms with van der Waals surface area (Å²) in [6.07, 6.45) is 3.55. The number of rotatable bonds is 3. The van der Waals surface area contributed by atoms with E-state index in [1.165, 1.54) is 6.33 Å². The molecule has 0 atom stereocenters. The third kappa shape index (κ3) is 2.41. The highest BCUT2D eigenvalue weighted by Gasteiger charge is 2.15. The molecule has 2 aromatic carbocycles. The predicted molar refractivity (Wildman–Crippen MR) is 98.3 cm³/mol. The van der Waals surface area contributed by atoms with Crippen LogP contribution in [0.15, 0.2) is 67.1 Å². The van der Waals surface area contributed by atoms with Gasteiger partial charge in [-0.15, -0.1) is 11.6 Å². The largest absolute Gasteiger partial charge is 0.383 e. The van der Waals surface area contributed by atoms with Crippen LogP contribution in [0.5, 0.6) is 0 Å². The van der Waals surface area contributed by atoms with Gasteiger partial charge in [-0.1, -0.05) is 42.5 Å². The number of aromatic nitrogens is 3. The van der Waals surface area contributed by atoms with Gasteiger partial charge < -0.3 is 10.3 Å². The van der Waals surface area contributed by atoms with Crippen LogP contribution in [0.1, 0.15) is 5.56 Å². The highest BCUT2D eigenvalue weighted by Crippen LogP contribution is 2.34. The summed E-state index contributed by atoms with van der Waals surface area (Å²) in [6.45, 7) is 0. The third-order valence-corrected chi connectivity index (χ3v) is 4.37. The fourth-order valence-corrected chi connectivity index (χ4v) is 3.04. The number of nitrogens with zero attached hydrogens (tertiary/aromatic N) is 3. The first kappa shape index (κ1) is 14.7. The van der Waals surface area contributed by atoms with E-state index in [9.17, 15) is 0 Å². The van der Waals surface area contributed by atoms with Crippen molar-refractivity contribution in [2.75, 3.05) is 5.73 Å². The van der Waals surface area contributed by atoms with Gasteiger partial charge in [-0.2, -0.15) is 0 Å². The van der Waals surface area contributed by atoms with Crippen molar-refractivity contribution in [3.63, 3.8) is 0 Å². The number of benzene rings is 2. The number of nitrogen functional groups attached to an aromatic ring is 1. The standard InChI is InChI=1S/C19H15ClN4/c20-10-13-6-8-15(9-7-13)24-11-16(14-4-2-1-3-5-14)17-18(21)22-12-23-19(17)24/h1-9,11-12H,10H2,(H2,21,22,23). The molecule has 4 nitrogen and oxygen atoms in total. The van der Waals surface area contributed by atoms with Gasteiger partial charge in [0.2, 0.25) is 0 Å². The quantitative estimate of drug-likeness (QED) is 0.565. The molecule has 0 aliphatic rings. The van der Waals surface area contributed by atoms with Gasteiger partial charge in [-0.3, -0.25) is 0 Å². The van der Waals surface area contributed by atoms with Crippen LogP contribution in [0.3, 0.4) is 0 Å². The molecule has 0 saturated heterocycles. The number of nitrogens with two attached hydrogens (primary N) is 1. The lowest BCUT2D eigenvalue weighted by Gasteiger charge is -2.05. The van der Waals surface area contributed by atoms with Gasteiger partial charge in [0.15, 0.2) is 5.65 Å². The van der Waals surface area contributed by atoms with Gasteiger partial charge in [0.1, 0.15) is 12.1 Å². The van der Waals surface area contributed by atoms with E-state index in [1.54, 1.807) is 0 Å². The van der Waals surface area contributed by atoms with Gasteiger partial charge in [-0.25, -0.2) is 9.97 Å². The molecule has 0 unspecified atom stereocenters. The molecule has 2 N–H and O–H groups in total. The van der Waals surface area contributed by atoms with Crippen molar-refractivity contribution in [1.82, 2.24) is 14.5 Å². The van der Waals surface area contributed by atoms with E-state index in [4.69, 9.17) is 17.3 Å². The second kappa shape index (κ2) is 5.98. The predicted octanol–water partition coefficient (Wildman–Crippen LogP) is 4.41. The van der Waals surface area contributed by atoms with Crippen LogP contribution >= 0.6 is 11.6 Å². The fraction of sp³-hybridized carbons (Fsp3) is 0.0526. The van der Waals surface area contributed by atoms with Crippen molar-refractivity contribution in [2.45, 2.75) is 5.88 Å². The number of halogens is 1. The molecule has 0 amide bonds. The van der Waals surface area contributed by atoms with Gasteiger partial charge in [-0.05, 0) is 23.3 Å².